The average molecular weight is 475 g/mol. The van der Waals surface area contributed by atoms with Crippen LogP contribution in [0, 0.1) is 0 Å². The summed E-state index contributed by atoms with van der Waals surface area (Å²) < 4.78 is 10.5. The normalized spacial score (nSPS) is 12.5. The summed E-state index contributed by atoms with van der Waals surface area (Å²) in [5, 5.41) is 5.51. The van der Waals surface area contributed by atoms with E-state index in [2.05, 4.69) is 10.6 Å². The Morgan fingerprint density at radius 1 is 0.970 bits per heavy atom. The van der Waals surface area contributed by atoms with Gasteiger partial charge in [-0.25, -0.2) is 4.79 Å². The molecule has 0 spiro atoms. The van der Waals surface area contributed by atoms with Gasteiger partial charge in [-0.2, -0.15) is 0 Å². The highest BCUT2D eigenvalue weighted by atomic mass is 32.2. The summed E-state index contributed by atoms with van der Waals surface area (Å²) >= 11 is 1.46. The molecule has 0 aliphatic rings. The molecule has 33 heavy (non-hydrogen) atoms. The zero-order valence-electron chi connectivity index (χ0n) is 19.4. The number of carbonyl (C=O) groups is 3. The standard InChI is InChI=1S/C25H34N2O5S/c1-3-5-14-21(23(28)18-33-17-20-13-9-15-31-20)26-24(29)22(10-4-2)27-25(30)32-16-19-11-7-6-8-12-19/h6-9,11-13,15,21-22H,3-5,10,14,16-18H2,1-2H3,(H,26,29)(H,27,30). The molecule has 2 N–H and O–H groups in total. The van der Waals surface area contributed by atoms with Crippen LogP contribution < -0.4 is 10.6 Å². The van der Waals surface area contributed by atoms with Crippen molar-refractivity contribution >= 4 is 29.5 Å². The van der Waals surface area contributed by atoms with E-state index in [0.29, 0.717) is 25.0 Å². The van der Waals surface area contributed by atoms with Gasteiger partial charge in [0.2, 0.25) is 5.91 Å². The number of Topliss-reactive ketones (excluding diaryl/α,β-unsaturated/α-hetero) is 1. The van der Waals surface area contributed by atoms with E-state index in [4.69, 9.17) is 9.15 Å². The van der Waals surface area contributed by atoms with Crippen LogP contribution in [-0.2, 0) is 26.7 Å². The average Bonchev–Trinajstić information content (AvgIpc) is 3.34. The number of furan rings is 1. The molecule has 2 atom stereocenters. The molecule has 2 aromatic rings. The van der Waals surface area contributed by atoms with Gasteiger partial charge >= 0.3 is 6.09 Å². The number of benzene rings is 1. The minimum atomic E-state index is -0.758. The van der Waals surface area contributed by atoms with E-state index in [-0.39, 0.29) is 24.1 Å². The molecule has 0 aliphatic heterocycles. The van der Waals surface area contributed by atoms with Crippen LogP contribution in [-0.4, -0.2) is 35.6 Å². The van der Waals surface area contributed by atoms with Crippen LogP contribution >= 0.6 is 11.8 Å². The van der Waals surface area contributed by atoms with Crippen molar-refractivity contribution < 1.29 is 23.5 Å². The lowest BCUT2D eigenvalue weighted by atomic mass is 10.0. The second kappa shape index (κ2) is 15.2. The molecular formula is C25H34N2O5S. The first-order valence-corrected chi connectivity index (χ1v) is 12.6. The third kappa shape index (κ3) is 10.2. The molecule has 180 valence electrons. The van der Waals surface area contributed by atoms with E-state index < -0.39 is 18.2 Å². The van der Waals surface area contributed by atoms with E-state index >= 15 is 0 Å². The minimum absolute atomic E-state index is 0.0322. The van der Waals surface area contributed by atoms with Crippen LogP contribution in [0.15, 0.2) is 53.1 Å². The quantitative estimate of drug-likeness (QED) is 0.383. The lowest BCUT2D eigenvalue weighted by molar-refractivity contribution is -0.128. The predicted octanol–water partition coefficient (Wildman–Crippen LogP) is 4.85. The smallest absolute Gasteiger partial charge is 0.408 e. The molecular weight excluding hydrogens is 440 g/mol. The number of alkyl carbamates (subject to hydrolysis) is 1. The molecule has 1 aromatic carbocycles. The summed E-state index contributed by atoms with van der Waals surface area (Å²) in [4.78, 5) is 38.0. The van der Waals surface area contributed by atoms with Gasteiger partial charge in [0, 0.05) is 0 Å². The van der Waals surface area contributed by atoms with Gasteiger partial charge in [0.15, 0.2) is 5.78 Å². The van der Waals surface area contributed by atoms with Crippen molar-refractivity contribution in [3.63, 3.8) is 0 Å². The first-order valence-electron chi connectivity index (χ1n) is 11.4. The predicted molar refractivity (Wildman–Crippen MR) is 130 cm³/mol. The highest BCUT2D eigenvalue weighted by Gasteiger charge is 2.26. The van der Waals surface area contributed by atoms with E-state index in [1.54, 1.807) is 6.26 Å². The summed E-state index contributed by atoms with van der Waals surface area (Å²) in [7, 11) is 0. The maximum absolute atomic E-state index is 12.9. The molecule has 0 saturated heterocycles. The third-order valence-corrected chi connectivity index (χ3v) is 6.00. The number of rotatable bonds is 15. The number of carbonyl (C=O) groups excluding carboxylic acids is 3. The SMILES string of the molecule is CCCCC(NC(=O)C(CCC)NC(=O)OCc1ccccc1)C(=O)CSCc1ccco1. The molecule has 0 aliphatic carbocycles. The number of ether oxygens (including phenoxy) is 1. The Balaban J connectivity index is 1.88. The third-order valence-electron chi connectivity index (χ3n) is 5.02. The van der Waals surface area contributed by atoms with Crippen LogP contribution in [0.4, 0.5) is 4.79 Å². The van der Waals surface area contributed by atoms with Crippen LogP contribution in [0.1, 0.15) is 57.3 Å². The fourth-order valence-corrected chi connectivity index (χ4v) is 4.08. The zero-order chi connectivity index (χ0) is 23.9. The first-order chi connectivity index (χ1) is 16.0. The number of hydrogen-bond donors (Lipinski definition) is 2. The number of hydrogen-bond acceptors (Lipinski definition) is 6. The Kier molecular flexibility index (Phi) is 12.2. The summed E-state index contributed by atoms with van der Waals surface area (Å²) in [6.45, 7) is 4.10. The lowest BCUT2D eigenvalue weighted by Gasteiger charge is -2.22. The van der Waals surface area contributed by atoms with Crippen molar-refractivity contribution in [3.05, 3.63) is 60.1 Å². The monoisotopic (exact) mass is 474 g/mol. The largest absolute Gasteiger partial charge is 0.468 e. The summed E-state index contributed by atoms with van der Waals surface area (Å²) in [6, 6.07) is 11.7. The fraction of sp³-hybridized carbons (Fsp3) is 0.480. The number of nitrogens with one attached hydrogen (secondary N) is 2. The Morgan fingerprint density at radius 2 is 1.76 bits per heavy atom. The topological polar surface area (TPSA) is 97.6 Å². The van der Waals surface area contributed by atoms with Crippen molar-refractivity contribution in [1.29, 1.82) is 0 Å². The lowest BCUT2D eigenvalue weighted by Crippen LogP contribution is -2.52. The molecule has 2 amide bonds. The van der Waals surface area contributed by atoms with Crippen molar-refractivity contribution in [3.8, 4) is 0 Å². The van der Waals surface area contributed by atoms with Gasteiger partial charge in [-0.1, -0.05) is 63.4 Å². The zero-order valence-corrected chi connectivity index (χ0v) is 20.2. The first kappa shape index (κ1) is 26.5. The van der Waals surface area contributed by atoms with Crippen LogP contribution in [0.2, 0.25) is 0 Å². The minimum Gasteiger partial charge on any atom is -0.468 e. The molecule has 2 unspecified atom stereocenters. The molecule has 0 fully saturated rings. The molecule has 0 bridgehead atoms. The van der Waals surface area contributed by atoms with Gasteiger partial charge in [-0.3, -0.25) is 9.59 Å². The molecule has 7 nitrogen and oxygen atoms in total. The number of amides is 2. The van der Waals surface area contributed by atoms with Gasteiger partial charge in [0.25, 0.3) is 0 Å². The molecule has 1 heterocycles. The number of ketones is 1. The maximum atomic E-state index is 12.9. The molecule has 1 aromatic heterocycles. The summed E-state index contributed by atoms with van der Waals surface area (Å²) in [6.07, 6.45) is 4.41. The van der Waals surface area contributed by atoms with Gasteiger partial charge < -0.3 is 19.8 Å². The van der Waals surface area contributed by atoms with Crippen molar-refractivity contribution in [2.24, 2.45) is 0 Å². The van der Waals surface area contributed by atoms with Gasteiger partial charge in [-0.15, -0.1) is 11.8 Å². The van der Waals surface area contributed by atoms with Gasteiger partial charge in [-0.05, 0) is 30.5 Å². The fourth-order valence-electron chi connectivity index (χ4n) is 3.21. The summed E-state index contributed by atoms with van der Waals surface area (Å²) in [5.41, 5.74) is 0.862. The van der Waals surface area contributed by atoms with Crippen molar-refractivity contribution in [2.75, 3.05) is 5.75 Å². The van der Waals surface area contributed by atoms with E-state index in [0.717, 1.165) is 24.2 Å². The second-order valence-electron chi connectivity index (χ2n) is 7.79. The van der Waals surface area contributed by atoms with Gasteiger partial charge in [0.05, 0.1) is 23.8 Å². The van der Waals surface area contributed by atoms with E-state index in [9.17, 15) is 14.4 Å². The Hall–Kier alpha value is -2.74. The van der Waals surface area contributed by atoms with Crippen molar-refractivity contribution in [1.82, 2.24) is 10.6 Å². The number of unbranched alkanes of at least 4 members (excludes halogenated alkanes) is 1. The van der Waals surface area contributed by atoms with Crippen LogP contribution in [0.25, 0.3) is 0 Å². The van der Waals surface area contributed by atoms with E-state index in [1.165, 1.54) is 11.8 Å². The summed E-state index contributed by atoms with van der Waals surface area (Å²) in [5.74, 6) is 1.29. The molecule has 2 rings (SSSR count). The molecule has 8 heteroatoms. The number of thioether (sulfide) groups is 1. The second-order valence-corrected chi connectivity index (χ2v) is 8.77. The molecule has 0 radical (unpaired) electrons. The highest BCUT2D eigenvalue weighted by Crippen LogP contribution is 2.14. The van der Waals surface area contributed by atoms with E-state index in [1.807, 2.05) is 56.3 Å². The Bertz CT molecular complexity index is 842. The van der Waals surface area contributed by atoms with Crippen molar-refractivity contribution in [2.45, 2.75) is 70.4 Å². The highest BCUT2D eigenvalue weighted by molar-refractivity contribution is 7.99. The van der Waals surface area contributed by atoms with Gasteiger partial charge in [0.1, 0.15) is 18.4 Å². The Morgan fingerprint density at radius 3 is 2.42 bits per heavy atom. The van der Waals surface area contributed by atoms with Crippen LogP contribution in [0.3, 0.4) is 0 Å². The maximum Gasteiger partial charge on any atom is 0.408 e. The van der Waals surface area contributed by atoms with Crippen LogP contribution in [0.5, 0.6) is 0 Å². The Labute approximate surface area is 200 Å². The molecule has 0 saturated carbocycles.